The van der Waals surface area contributed by atoms with Gasteiger partial charge in [-0.3, -0.25) is 9.59 Å². The van der Waals surface area contributed by atoms with Crippen molar-refractivity contribution in [2.75, 3.05) is 0 Å². The highest BCUT2D eigenvalue weighted by Crippen LogP contribution is 2.67. The van der Waals surface area contributed by atoms with Crippen molar-refractivity contribution in [3.05, 3.63) is 23.8 Å². The molecule has 4 aliphatic rings. The van der Waals surface area contributed by atoms with Crippen molar-refractivity contribution in [1.82, 2.24) is 0 Å². The Balaban J connectivity index is 1.61. The van der Waals surface area contributed by atoms with Gasteiger partial charge in [0.25, 0.3) is 0 Å². The number of carbonyl (C=O) groups excluding carboxylic acids is 1. The van der Waals surface area contributed by atoms with Crippen LogP contribution in [0.2, 0.25) is 0 Å². The summed E-state index contributed by atoms with van der Waals surface area (Å²) in [6.45, 7) is 9.21. The Morgan fingerprint density at radius 1 is 1.23 bits per heavy atom. The van der Waals surface area contributed by atoms with Crippen LogP contribution in [0, 0.1) is 34.5 Å². The summed E-state index contributed by atoms with van der Waals surface area (Å²) in [5.41, 5.74) is 3.14. The molecule has 0 amide bonds. The topological polar surface area (TPSA) is 54.4 Å². The monoisotopic (exact) mass is 356 g/mol. The Morgan fingerprint density at radius 3 is 2.73 bits per heavy atom. The first-order chi connectivity index (χ1) is 12.3. The lowest BCUT2D eigenvalue weighted by Gasteiger charge is -2.58. The molecule has 6 atom stereocenters. The van der Waals surface area contributed by atoms with Crippen LogP contribution >= 0.6 is 0 Å². The molecule has 0 aliphatic heterocycles. The van der Waals surface area contributed by atoms with Gasteiger partial charge in [0.05, 0.1) is 0 Å². The van der Waals surface area contributed by atoms with Gasteiger partial charge in [0, 0.05) is 12.8 Å². The maximum Gasteiger partial charge on any atom is 0.303 e. The molecular weight excluding hydrogens is 324 g/mol. The van der Waals surface area contributed by atoms with E-state index in [0.29, 0.717) is 35.9 Å². The van der Waals surface area contributed by atoms with E-state index < -0.39 is 5.97 Å². The Hall–Kier alpha value is -1.38. The Morgan fingerprint density at radius 2 is 2.00 bits per heavy atom. The lowest BCUT2D eigenvalue weighted by atomic mass is 9.46. The zero-order chi connectivity index (χ0) is 18.7. The second-order valence-electron chi connectivity index (χ2n) is 9.86. The highest BCUT2D eigenvalue weighted by molar-refractivity contribution is 5.91. The molecule has 0 unspecified atom stereocenters. The molecule has 26 heavy (non-hydrogen) atoms. The van der Waals surface area contributed by atoms with Crippen LogP contribution in [-0.4, -0.2) is 16.9 Å². The largest absolute Gasteiger partial charge is 0.481 e. The molecule has 4 rings (SSSR count). The lowest BCUT2D eigenvalue weighted by molar-refractivity contribution is -0.137. The second kappa shape index (κ2) is 6.07. The number of hydrogen-bond donors (Lipinski definition) is 1. The van der Waals surface area contributed by atoms with Crippen LogP contribution in [-0.2, 0) is 9.59 Å². The van der Waals surface area contributed by atoms with E-state index >= 15 is 0 Å². The SMILES string of the molecule is C=C1C[C@H]2[C@@H]3CCC4=CC(=O)CC[C@]4(C)[C@H]3CC[C@]2(C)[C@@H]1CCC(=O)O. The van der Waals surface area contributed by atoms with E-state index in [1.165, 1.54) is 30.4 Å². The molecule has 0 spiro atoms. The molecule has 0 bridgehead atoms. The van der Waals surface area contributed by atoms with E-state index in [4.69, 9.17) is 5.11 Å². The number of hydrogen-bond acceptors (Lipinski definition) is 2. The van der Waals surface area contributed by atoms with Crippen molar-refractivity contribution in [2.24, 2.45) is 34.5 Å². The number of rotatable bonds is 3. The van der Waals surface area contributed by atoms with Gasteiger partial charge in [-0.2, -0.15) is 0 Å². The van der Waals surface area contributed by atoms with Crippen molar-refractivity contribution in [3.8, 4) is 0 Å². The van der Waals surface area contributed by atoms with E-state index in [2.05, 4.69) is 20.4 Å². The fourth-order valence-electron chi connectivity index (χ4n) is 7.42. The van der Waals surface area contributed by atoms with Crippen LogP contribution in [0.1, 0.15) is 71.6 Å². The lowest BCUT2D eigenvalue weighted by Crippen LogP contribution is -2.50. The fourth-order valence-corrected chi connectivity index (χ4v) is 7.42. The predicted molar refractivity (Wildman–Crippen MR) is 102 cm³/mol. The smallest absolute Gasteiger partial charge is 0.303 e. The third-order valence-electron chi connectivity index (χ3n) is 8.82. The molecule has 0 aromatic rings. The van der Waals surface area contributed by atoms with Gasteiger partial charge in [-0.1, -0.05) is 31.6 Å². The Kier molecular flexibility index (Phi) is 4.20. The molecule has 0 aromatic carbocycles. The number of carboxylic acid groups (broad SMARTS) is 1. The summed E-state index contributed by atoms with van der Waals surface area (Å²) in [5.74, 6) is 2.02. The molecule has 0 heterocycles. The first kappa shape index (κ1) is 18.0. The highest BCUT2D eigenvalue weighted by atomic mass is 16.4. The van der Waals surface area contributed by atoms with Gasteiger partial charge >= 0.3 is 5.97 Å². The van der Waals surface area contributed by atoms with Gasteiger partial charge in [0.2, 0.25) is 0 Å². The van der Waals surface area contributed by atoms with Crippen molar-refractivity contribution >= 4 is 11.8 Å². The van der Waals surface area contributed by atoms with Gasteiger partial charge in [0.1, 0.15) is 0 Å². The maximum absolute atomic E-state index is 11.9. The molecule has 3 saturated carbocycles. The summed E-state index contributed by atoms with van der Waals surface area (Å²) < 4.78 is 0. The second-order valence-corrected chi connectivity index (χ2v) is 9.86. The first-order valence-corrected chi connectivity index (χ1v) is 10.4. The van der Waals surface area contributed by atoms with Gasteiger partial charge in [-0.25, -0.2) is 0 Å². The number of fused-ring (bicyclic) bond motifs is 5. The average molecular weight is 357 g/mol. The third kappa shape index (κ3) is 2.53. The van der Waals surface area contributed by atoms with Crippen LogP contribution in [0.5, 0.6) is 0 Å². The van der Waals surface area contributed by atoms with Crippen LogP contribution in [0.15, 0.2) is 23.8 Å². The summed E-state index contributed by atoms with van der Waals surface area (Å²) in [4.78, 5) is 23.0. The molecule has 3 fully saturated rings. The van der Waals surface area contributed by atoms with Crippen LogP contribution in [0.25, 0.3) is 0 Å². The molecule has 3 nitrogen and oxygen atoms in total. The van der Waals surface area contributed by atoms with Gasteiger partial charge in [-0.15, -0.1) is 0 Å². The van der Waals surface area contributed by atoms with Crippen LogP contribution < -0.4 is 0 Å². The molecule has 3 heteroatoms. The molecule has 1 N–H and O–H groups in total. The quantitative estimate of drug-likeness (QED) is 0.710. The normalized spacial score (nSPS) is 44.8. The maximum atomic E-state index is 11.9. The van der Waals surface area contributed by atoms with Crippen LogP contribution in [0.3, 0.4) is 0 Å². The molecular formula is C23H32O3. The van der Waals surface area contributed by atoms with E-state index in [9.17, 15) is 9.59 Å². The predicted octanol–water partition coefficient (Wildman–Crippen LogP) is 5.17. The summed E-state index contributed by atoms with van der Waals surface area (Å²) in [6.07, 6.45) is 10.4. The third-order valence-corrected chi connectivity index (χ3v) is 8.82. The summed E-state index contributed by atoms with van der Waals surface area (Å²) in [6, 6.07) is 0. The van der Waals surface area contributed by atoms with Gasteiger partial charge < -0.3 is 5.11 Å². The summed E-state index contributed by atoms with van der Waals surface area (Å²) in [5, 5.41) is 9.15. The van der Waals surface area contributed by atoms with E-state index in [-0.39, 0.29) is 17.3 Å². The van der Waals surface area contributed by atoms with Gasteiger partial charge in [0.15, 0.2) is 5.78 Å². The van der Waals surface area contributed by atoms with E-state index in [1.807, 2.05) is 6.08 Å². The zero-order valence-electron chi connectivity index (χ0n) is 16.2. The van der Waals surface area contributed by atoms with Crippen LogP contribution in [0.4, 0.5) is 0 Å². The zero-order valence-corrected chi connectivity index (χ0v) is 16.2. The van der Waals surface area contributed by atoms with Crippen molar-refractivity contribution in [2.45, 2.75) is 71.6 Å². The minimum atomic E-state index is -0.689. The van der Waals surface area contributed by atoms with Crippen molar-refractivity contribution in [3.63, 3.8) is 0 Å². The number of allylic oxidation sites excluding steroid dienone is 2. The number of ketones is 1. The van der Waals surface area contributed by atoms with E-state index in [1.54, 1.807) is 0 Å². The highest BCUT2D eigenvalue weighted by Gasteiger charge is 2.59. The number of carbonyl (C=O) groups is 2. The number of aliphatic carboxylic acids is 1. The minimum Gasteiger partial charge on any atom is -0.481 e. The Labute approximate surface area is 156 Å². The summed E-state index contributed by atoms with van der Waals surface area (Å²) >= 11 is 0. The van der Waals surface area contributed by atoms with Crippen molar-refractivity contribution < 1.29 is 14.7 Å². The molecule has 4 aliphatic carbocycles. The molecule has 0 aromatic heterocycles. The first-order valence-electron chi connectivity index (χ1n) is 10.4. The molecule has 142 valence electrons. The van der Waals surface area contributed by atoms with Crippen molar-refractivity contribution in [1.29, 1.82) is 0 Å². The summed E-state index contributed by atoms with van der Waals surface area (Å²) in [7, 11) is 0. The Bertz CT molecular complexity index is 690. The van der Waals surface area contributed by atoms with E-state index in [0.717, 1.165) is 25.7 Å². The average Bonchev–Trinajstić information content (AvgIpc) is 2.83. The number of carboxylic acids is 1. The van der Waals surface area contributed by atoms with Gasteiger partial charge in [-0.05, 0) is 85.5 Å². The minimum absolute atomic E-state index is 0.207. The fraction of sp³-hybridized carbons (Fsp3) is 0.739. The standard InChI is InChI=1S/C23H32O3/c1-14-12-20-17-5-4-15-13-16(24)8-10-22(15,2)19(17)9-11-23(20,3)18(14)6-7-21(25)26/h13,17-20H,1,4-12H2,2-3H3,(H,25,26)/t17-,18-,19+,20+,22+,23-/m1/s1. The molecule has 0 saturated heterocycles. The molecule has 0 radical (unpaired) electrons.